The summed E-state index contributed by atoms with van der Waals surface area (Å²) in [6.45, 7) is 0.988. The average molecular weight is 400 g/mol. The fourth-order valence-corrected chi connectivity index (χ4v) is 3.61. The highest BCUT2D eigenvalue weighted by molar-refractivity contribution is 6.00. The van der Waals surface area contributed by atoms with E-state index < -0.39 is 0 Å². The molecule has 0 spiro atoms. The van der Waals surface area contributed by atoms with Crippen LogP contribution < -0.4 is 9.47 Å². The number of ether oxygens (including phenoxy) is 2. The van der Waals surface area contributed by atoms with E-state index in [0.29, 0.717) is 13.1 Å². The molecule has 4 rings (SSSR count). The molecule has 1 N–H and O–H groups in total. The minimum atomic E-state index is -0.363. The molecular formula is C24H20N2O4. The van der Waals surface area contributed by atoms with Gasteiger partial charge < -0.3 is 19.5 Å². The lowest BCUT2D eigenvalue weighted by molar-refractivity contribution is 0.0742. The van der Waals surface area contributed by atoms with Crippen molar-refractivity contribution in [3.63, 3.8) is 0 Å². The van der Waals surface area contributed by atoms with Crippen LogP contribution in [0.15, 0.2) is 60.7 Å². The maximum atomic E-state index is 13.3. The van der Waals surface area contributed by atoms with E-state index in [1.54, 1.807) is 12.0 Å². The summed E-state index contributed by atoms with van der Waals surface area (Å²) in [6.07, 6.45) is 0. The highest BCUT2D eigenvalue weighted by atomic mass is 16.5. The molecule has 0 saturated carbocycles. The number of methoxy groups -OCH3 is 1. The van der Waals surface area contributed by atoms with Crippen LogP contribution in [0.1, 0.15) is 32.6 Å². The Hall–Kier alpha value is -3.98. The molecule has 0 saturated heterocycles. The van der Waals surface area contributed by atoms with Crippen LogP contribution in [0.5, 0.6) is 17.2 Å². The maximum Gasteiger partial charge on any atom is 0.262 e. The number of phenolic OH excluding ortho intramolecular Hbond substituents is 1. The summed E-state index contributed by atoms with van der Waals surface area (Å²) < 4.78 is 11.3. The zero-order valence-electron chi connectivity index (χ0n) is 16.5. The summed E-state index contributed by atoms with van der Waals surface area (Å²) in [5.41, 5.74) is 3.14. The van der Waals surface area contributed by atoms with Crippen LogP contribution in [0.4, 0.5) is 0 Å². The number of phenols is 1. The van der Waals surface area contributed by atoms with Gasteiger partial charge in [0.05, 0.1) is 25.3 Å². The maximum absolute atomic E-state index is 13.3. The molecule has 6 nitrogen and oxygen atoms in total. The van der Waals surface area contributed by atoms with Gasteiger partial charge in [-0.1, -0.05) is 42.5 Å². The predicted molar refractivity (Wildman–Crippen MR) is 110 cm³/mol. The molecule has 1 aliphatic heterocycles. The van der Waals surface area contributed by atoms with E-state index in [1.807, 2.05) is 54.6 Å². The minimum absolute atomic E-state index is 0.0525. The number of nitrogens with zero attached hydrogens (tertiary/aromatic N) is 2. The zero-order chi connectivity index (χ0) is 21.1. The van der Waals surface area contributed by atoms with E-state index >= 15 is 0 Å². The lowest BCUT2D eigenvalue weighted by Gasteiger charge is -2.19. The Morgan fingerprint density at radius 3 is 2.63 bits per heavy atom. The second kappa shape index (κ2) is 8.18. The van der Waals surface area contributed by atoms with Gasteiger partial charge in [-0.2, -0.15) is 5.26 Å². The van der Waals surface area contributed by atoms with E-state index in [2.05, 4.69) is 0 Å². The van der Waals surface area contributed by atoms with Gasteiger partial charge in [0, 0.05) is 12.1 Å². The van der Waals surface area contributed by atoms with Crippen molar-refractivity contribution in [1.29, 1.82) is 5.26 Å². The van der Waals surface area contributed by atoms with Crippen molar-refractivity contribution in [1.82, 2.24) is 4.90 Å². The first kappa shape index (κ1) is 19.3. The largest absolute Gasteiger partial charge is 0.507 e. The Labute approximate surface area is 174 Å². The molecule has 0 radical (unpaired) electrons. The van der Waals surface area contributed by atoms with Gasteiger partial charge in [-0.15, -0.1) is 0 Å². The lowest BCUT2D eigenvalue weighted by Crippen LogP contribution is -2.26. The summed E-state index contributed by atoms with van der Waals surface area (Å²) in [5.74, 6) is 0.277. The quantitative estimate of drug-likeness (QED) is 0.700. The summed E-state index contributed by atoms with van der Waals surface area (Å²) >= 11 is 0. The van der Waals surface area contributed by atoms with Crippen LogP contribution in [0.3, 0.4) is 0 Å². The molecule has 30 heavy (non-hydrogen) atoms. The Bertz CT molecular complexity index is 1140. The van der Waals surface area contributed by atoms with Crippen molar-refractivity contribution in [2.24, 2.45) is 0 Å². The van der Waals surface area contributed by atoms with Crippen LogP contribution in [0.25, 0.3) is 0 Å². The van der Waals surface area contributed by atoms with Crippen molar-refractivity contribution in [3.05, 3.63) is 88.5 Å². The van der Waals surface area contributed by atoms with Gasteiger partial charge in [-0.3, -0.25) is 4.79 Å². The molecule has 150 valence electrons. The van der Waals surface area contributed by atoms with E-state index in [4.69, 9.17) is 9.47 Å². The Morgan fingerprint density at radius 2 is 1.90 bits per heavy atom. The number of hydrogen-bond donors (Lipinski definition) is 1. The van der Waals surface area contributed by atoms with Crippen LogP contribution in [-0.2, 0) is 19.7 Å². The Kier molecular flexibility index (Phi) is 5.27. The molecule has 0 aromatic heterocycles. The SMILES string of the molecule is COc1cccc2c1CN(C(=O)c1c(O)cc(C#N)cc1OCc1ccccc1)C2. The molecule has 3 aromatic rings. The molecule has 0 atom stereocenters. The number of rotatable bonds is 5. The van der Waals surface area contributed by atoms with E-state index in [-0.39, 0.29) is 35.1 Å². The number of carbonyl (C=O) groups excluding carboxylic acids is 1. The molecule has 1 aliphatic rings. The second-order valence-corrected chi connectivity index (χ2v) is 7.01. The monoisotopic (exact) mass is 400 g/mol. The van der Waals surface area contributed by atoms with Crippen molar-refractivity contribution in [2.45, 2.75) is 19.7 Å². The number of benzene rings is 3. The molecule has 1 heterocycles. The van der Waals surface area contributed by atoms with Gasteiger partial charge in [0.2, 0.25) is 0 Å². The van der Waals surface area contributed by atoms with E-state index in [0.717, 1.165) is 22.4 Å². The highest BCUT2D eigenvalue weighted by Gasteiger charge is 2.30. The molecule has 0 unspecified atom stereocenters. The van der Waals surface area contributed by atoms with Crippen LogP contribution >= 0.6 is 0 Å². The minimum Gasteiger partial charge on any atom is -0.507 e. The first-order valence-corrected chi connectivity index (χ1v) is 9.48. The Morgan fingerprint density at radius 1 is 1.10 bits per heavy atom. The van der Waals surface area contributed by atoms with Crippen molar-refractivity contribution in [2.75, 3.05) is 7.11 Å². The third-order valence-electron chi connectivity index (χ3n) is 5.11. The zero-order valence-corrected chi connectivity index (χ0v) is 16.5. The van der Waals surface area contributed by atoms with Crippen LogP contribution in [0.2, 0.25) is 0 Å². The Balaban J connectivity index is 1.64. The third kappa shape index (κ3) is 3.65. The number of carbonyl (C=O) groups is 1. The second-order valence-electron chi connectivity index (χ2n) is 7.01. The van der Waals surface area contributed by atoms with Gasteiger partial charge in [0.1, 0.15) is 29.4 Å². The molecule has 0 aliphatic carbocycles. The lowest BCUT2D eigenvalue weighted by atomic mass is 10.1. The first-order chi connectivity index (χ1) is 14.6. The summed E-state index contributed by atoms with van der Waals surface area (Å²) in [4.78, 5) is 15.0. The summed E-state index contributed by atoms with van der Waals surface area (Å²) in [7, 11) is 1.60. The highest BCUT2D eigenvalue weighted by Crippen LogP contribution is 2.36. The van der Waals surface area contributed by atoms with Gasteiger partial charge in [-0.25, -0.2) is 0 Å². The van der Waals surface area contributed by atoms with Gasteiger partial charge in [-0.05, 0) is 29.3 Å². The number of aromatic hydroxyl groups is 1. The van der Waals surface area contributed by atoms with Crippen LogP contribution in [-0.4, -0.2) is 23.0 Å². The fraction of sp³-hybridized carbons (Fsp3) is 0.167. The normalized spacial score (nSPS) is 12.2. The van der Waals surface area contributed by atoms with Crippen molar-refractivity contribution in [3.8, 4) is 23.3 Å². The molecule has 3 aromatic carbocycles. The molecule has 0 fully saturated rings. The smallest absolute Gasteiger partial charge is 0.262 e. The topological polar surface area (TPSA) is 82.8 Å². The molecule has 6 heteroatoms. The number of hydrogen-bond acceptors (Lipinski definition) is 5. The number of fused-ring (bicyclic) bond motifs is 1. The molecule has 1 amide bonds. The van der Waals surface area contributed by atoms with Crippen molar-refractivity contribution >= 4 is 5.91 Å². The summed E-state index contributed by atoms with van der Waals surface area (Å²) in [6, 6.07) is 20.0. The van der Waals surface area contributed by atoms with Crippen molar-refractivity contribution < 1.29 is 19.4 Å². The van der Waals surface area contributed by atoms with Gasteiger partial charge >= 0.3 is 0 Å². The summed E-state index contributed by atoms with van der Waals surface area (Å²) in [5, 5.41) is 19.8. The fourth-order valence-electron chi connectivity index (χ4n) is 3.61. The van der Waals surface area contributed by atoms with Crippen LogP contribution in [0, 0.1) is 11.3 Å². The third-order valence-corrected chi connectivity index (χ3v) is 5.11. The molecule has 0 bridgehead atoms. The van der Waals surface area contributed by atoms with E-state index in [1.165, 1.54) is 12.1 Å². The van der Waals surface area contributed by atoms with E-state index in [9.17, 15) is 15.2 Å². The average Bonchev–Trinajstić information content (AvgIpc) is 3.22. The predicted octanol–water partition coefficient (Wildman–Crippen LogP) is 4.01. The first-order valence-electron chi connectivity index (χ1n) is 9.48. The van der Waals surface area contributed by atoms with Gasteiger partial charge in [0.25, 0.3) is 5.91 Å². The number of amides is 1. The standard InChI is InChI=1S/C24H20N2O4/c1-29-21-9-5-8-18-13-26(14-19(18)21)24(28)23-20(27)10-17(12-25)11-22(23)30-15-16-6-3-2-4-7-16/h2-11,27H,13-15H2,1H3. The van der Waals surface area contributed by atoms with Gasteiger partial charge in [0.15, 0.2) is 0 Å². The number of nitriles is 1. The molecular weight excluding hydrogens is 380 g/mol.